The second-order valence-electron chi connectivity index (χ2n) is 3.40. The van der Waals surface area contributed by atoms with Gasteiger partial charge in [0, 0.05) is 13.6 Å². The molecule has 0 radical (unpaired) electrons. The second kappa shape index (κ2) is 6.25. The van der Waals surface area contributed by atoms with E-state index < -0.39 is 0 Å². The molecule has 1 rings (SSSR count). The molecular formula is C11H16BrN3S. The zero-order valence-corrected chi connectivity index (χ0v) is 12.4. The molecule has 88 valence electrons. The smallest absolute Gasteiger partial charge is 0.110 e. The molecule has 0 saturated carbocycles. The van der Waals surface area contributed by atoms with Crippen LogP contribution in [-0.2, 0) is 0 Å². The van der Waals surface area contributed by atoms with Gasteiger partial charge in [-0.1, -0.05) is 0 Å². The first-order chi connectivity index (χ1) is 7.58. The Morgan fingerprint density at radius 3 is 2.88 bits per heavy atom. The van der Waals surface area contributed by atoms with Crippen molar-refractivity contribution < 1.29 is 0 Å². The van der Waals surface area contributed by atoms with E-state index in [1.165, 1.54) is 0 Å². The van der Waals surface area contributed by atoms with Crippen LogP contribution in [0.3, 0.4) is 0 Å². The molecule has 0 bridgehead atoms. The van der Waals surface area contributed by atoms with Gasteiger partial charge < -0.3 is 4.90 Å². The Bertz CT molecular complexity index is 393. The van der Waals surface area contributed by atoms with Crippen molar-refractivity contribution in [3.05, 3.63) is 16.2 Å². The highest BCUT2D eigenvalue weighted by Crippen LogP contribution is 2.29. The van der Waals surface area contributed by atoms with Gasteiger partial charge in [-0.15, -0.1) is 11.8 Å². The molecule has 0 unspecified atom stereocenters. The van der Waals surface area contributed by atoms with Gasteiger partial charge in [0.15, 0.2) is 0 Å². The maximum Gasteiger partial charge on any atom is 0.110 e. The number of aryl methyl sites for hydroxylation is 1. The number of hydrogen-bond donors (Lipinski definition) is 0. The monoisotopic (exact) mass is 301 g/mol. The second-order valence-corrected chi connectivity index (χ2v) is 5.05. The van der Waals surface area contributed by atoms with Gasteiger partial charge in [-0.25, -0.2) is 9.98 Å². The first-order valence-electron chi connectivity index (χ1n) is 5.04. The molecule has 1 heterocycles. The van der Waals surface area contributed by atoms with E-state index in [0.29, 0.717) is 0 Å². The molecule has 0 atom stereocenters. The summed E-state index contributed by atoms with van der Waals surface area (Å²) in [5.74, 6) is 0. The van der Waals surface area contributed by atoms with Crippen LogP contribution in [0.2, 0.25) is 0 Å². The van der Waals surface area contributed by atoms with Crippen molar-refractivity contribution in [3.63, 3.8) is 0 Å². The largest absolute Gasteiger partial charge is 0.366 e. The summed E-state index contributed by atoms with van der Waals surface area (Å²) in [5.41, 5.74) is 1.86. The van der Waals surface area contributed by atoms with Gasteiger partial charge in [0.05, 0.1) is 22.2 Å². The zero-order valence-electron chi connectivity index (χ0n) is 9.99. The third-order valence-corrected chi connectivity index (χ3v) is 3.76. The Labute approximate surface area is 109 Å². The molecular weight excluding hydrogens is 286 g/mol. The molecule has 0 aliphatic rings. The van der Waals surface area contributed by atoms with Crippen LogP contribution in [0.15, 0.2) is 20.6 Å². The predicted molar refractivity (Wildman–Crippen MR) is 74.9 cm³/mol. The maximum atomic E-state index is 4.48. The van der Waals surface area contributed by atoms with E-state index in [4.69, 9.17) is 0 Å². The number of pyridine rings is 1. The van der Waals surface area contributed by atoms with Crippen molar-refractivity contribution in [1.82, 2.24) is 9.88 Å². The van der Waals surface area contributed by atoms with E-state index in [1.54, 1.807) is 11.8 Å². The van der Waals surface area contributed by atoms with E-state index in [0.717, 1.165) is 27.4 Å². The highest BCUT2D eigenvalue weighted by molar-refractivity contribution is 9.10. The summed E-state index contributed by atoms with van der Waals surface area (Å²) in [4.78, 5) is 10.9. The van der Waals surface area contributed by atoms with Crippen LogP contribution in [0, 0.1) is 6.92 Å². The molecule has 0 spiro atoms. The molecule has 16 heavy (non-hydrogen) atoms. The van der Waals surface area contributed by atoms with Gasteiger partial charge in [0.2, 0.25) is 0 Å². The van der Waals surface area contributed by atoms with E-state index in [-0.39, 0.29) is 0 Å². The third kappa shape index (κ3) is 3.49. The highest BCUT2D eigenvalue weighted by Gasteiger charge is 2.05. The van der Waals surface area contributed by atoms with Crippen molar-refractivity contribution in [3.8, 4) is 0 Å². The predicted octanol–water partition coefficient (Wildman–Crippen LogP) is 3.49. The van der Waals surface area contributed by atoms with Crippen molar-refractivity contribution in [2.45, 2.75) is 18.9 Å². The minimum absolute atomic E-state index is 0.907. The van der Waals surface area contributed by atoms with Gasteiger partial charge >= 0.3 is 0 Å². The molecule has 0 aromatic carbocycles. The number of nitrogens with zero attached hydrogens (tertiary/aromatic N) is 3. The van der Waals surface area contributed by atoms with Crippen molar-refractivity contribution in [2.75, 3.05) is 19.8 Å². The van der Waals surface area contributed by atoms with Gasteiger partial charge in [-0.2, -0.15) is 0 Å². The first-order valence-corrected chi connectivity index (χ1v) is 7.05. The van der Waals surface area contributed by atoms with Crippen LogP contribution in [0.4, 0.5) is 5.69 Å². The topological polar surface area (TPSA) is 28.5 Å². The lowest BCUT2D eigenvalue weighted by Gasteiger charge is -2.09. The lowest BCUT2D eigenvalue weighted by atomic mass is 10.3. The summed E-state index contributed by atoms with van der Waals surface area (Å²) in [6, 6.07) is 2.01. The molecule has 0 aliphatic heterocycles. The summed E-state index contributed by atoms with van der Waals surface area (Å²) >= 11 is 5.12. The molecule has 5 heteroatoms. The quantitative estimate of drug-likeness (QED) is 0.484. The molecule has 1 aromatic rings. The molecule has 0 amide bonds. The number of hydrogen-bond acceptors (Lipinski definition) is 3. The Morgan fingerprint density at radius 2 is 2.31 bits per heavy atom. The fourth-order valence-electron chi connectivity index (χ4n) is 1.07. The highest BCUT2D eigenvalue weighted by atomic mass is 79.9. The van der Waals surface area contributed by atoms with E-state index in [9.17, 15) is 0 Å². The van der Waals surface area contributed by atoms with Crippen LogP contribution >= 0.6 is 27.7 Å². The molecule has 0 N–H and O–H groups in total. The first kappa shape index (κ1) is 13.5. The minimum atomic E-state index is 0.907. The minimum Gasteiger partial charge on any atom is -0.366 e. The Morgan fingerprint density at radius 1 is 1.62 bits per heavy atom. The van der Waals surface area contributed by atoms with Gasteiger partial charge in [-0.3, -0.25) is 0 Å². The van der Waals surface area contributed by atoms with Crippen LogP contribution in [0.5, 0.6) is 0 Å². The van der Waals surface area contributed by atoms with E-state index >= 15 is 0 Å². The van der Waals surface area contributed by atoms with E-state index in [1.807, 2.05) is 37.5 Å². The van der Waals surface area contributed by atoms with Crippen LogP contribution in [0.25, 0.3) is 0 Å². The Hall–Kier alpha value is -0.550. The van der Waals surface area contributed by atoms with Crippen molar-refractivity contribution >= 4 is 39.7 Å². The SMILES string of the molecule is CCN(C)/C=N/c1cc(Br)c(SC)nc1C. The number of halogens is 1. The van der Waals surface area contributed by atoms with Gasteiger partial charge in [0.25, 0.3) is 0 Å². The summed E-state index contributed by atoms with van der Waals surface area (Å²) in [6.07, 6.45) is 3.84. The van der Waals surface area contributed by atoms with Crippen molar-refractivity contribution in [1.29, 1.82) is 0 Å². The number of aliphatic imine (C=N–C) groups is 1. The molecule has 0 fully saturated rings. The normalized spacial score (nSPS) is 11.1. The average Bonchev–Trinajstić information content (AvgIpc) is 2.29. The molecule has 0 saturated heterocycles. The number of rotatable bonds is 4. The van der Waals surface area contributed by atoms with Crippen LogP contribution in [0.1, 0.15) is 12.6 Å². The average molecular weight is 302 g/mol. The van der Waals surface area contributed by atoms with Gasteiger partial charge in [-0.05, 0) is 42.1 Å². The van der Waals surface area contributed by atoms with Crippen LogP contribution in [-0.4, -0.2) is 36.1 Å². The fourth-order valence-corrected chi connectivity index (χ4v) is 2.34. The third-order valence-electron chi connectivity index (χ3n) is 2.19. The standard InChI is InChI=1S/C11H16BrN3S/c1-5-15(3)7-13-10-6-9(12)11(16-4)14-8(10)2/h6-7H,5H2,1-4H3/b13-7+. The Balaban J connectivity index is 2.98. The lowest BCUT2D eigenvalue weighted by Crippen LogP contribution is -2.14. The maximum absolute atomic E-state index is 4.48. The molecule has 0 aliphatic carbocycles. The summed E-state index contributed by atoms with van der Waals surface area (Å²) in [6.45, 7) is 5.01. The number of aromatic nitrogens is 1. The lowest BCUT2D eigenvalue weighted by molar-refractivity contribution is 0.552. The van der Waals surface area contributed by atoms with Gasteiger partial charge in [0.1, 0.15) is 5.03 Å². The summed E-state index contributed by atoms with van der Waals surface area (Å²) < 4.78 is 0.997. The zero-order chi connectivity index (χ0) is 12.1. The van der Waals surface area contributed by atoms with Crippen molar-refractivity contribution in [2.24, 2.45) is 4.99 Å². The Kier molecular flexibility index (Phi) is 5.28. The fraction of sp³-hybridized carbons (Fsp3) is 0.455. The summed E-state index contributed by atoms with van der Waals surface area (Å²) in [7, 11) is 2.00. The molecule has 1 aromatic heterocycles. The van der Waals surface area contributed by atoms with E-state index in [2.05, 4.69) is 32.8 Å². The van der Waals surface area contributed by atoms with Crippen LogP contribution < -0.4 is 0 Å². The summed E-state index contributed by atoms with van der Waals surface area (Å²) in [5, 5.41) is 1.00. The molecule has 3 nitrogen and oxygen atoms in total. The number of thioether (sulfide) groups is 1.